The maximum atomic E-state index is 10.2. The van der Waals surface area contributed by atoms with Crippen molar-refractivity contribution in [2.45, 2.75) is 229 Å². The lowest BCUT2D eigenvalue weighted by atomic mass is 9.99. The van der Waals surface area contributed by atoms with Gasteiger partial charge >= 0.3 is 0 Å². The fourth-order valence-electron chi connectivity index (χ4n) is 6.65. The third-order valence-corrected chi connectivity index (χ3v) is 9.77. The lowest BCUT2D eigenvalue weighted by Crippen LogP contribution is -2.59. The number of hydrogen-bond donors (Lipinski definition) is 7. The molecule has 1 rings (SSSR count). The second kappa shape index (κ2) is 30.5. The van der Waals surface area contributed by atoms with Crippen LogP contribution in [0, 0.1) is 0 Å². The maximum Gasteiger partial charge on any atom is 0.186 e. The molecule has 0 aromatic heterocycles. The minimum atomic E-state index is -1.45. The van der Waals surface area contributed by atoms with E-state index in [1.807, 2.05) is 0 Å². The second-order valence-corrected chi connectivity index (χ2v) is 14.5. The van der Waals surface area contributed by atoms with Gasteiger partial charge in [-0.05, 0) is 32.6 Å². The molecule has 1 fully saturated rings. The highest BCUT2D eigenvalue weighted by Crippen LogP contribution is 2.23. The van der Waals surface area contributed by atoms with Crippen molar-refractivity contribution >= 4 is 0 Å². The SMILES string of the molecule is CC(O)CC(O)CCCCCCCCCCCCCCCCCCCCCCCCCC(O)CCOC1OC(CO)C(O)C(O)C1O. The molecule has 1 aliphatic rings. The molecule has 0 spiro atoms. The van der Waals surface area contributed by atoms with Crippen LogP contribution in [0.2, 0.25) is 0 Å². The molecule has 1 saturated heterocycles. The highest BCUT2D eigenvalue weighted by Gasteiger charge is 2.43. The average molecular weight is 677 g/mol. The van der Waals surface area contributed by atoms with Gasteiger partial charge in [-0.25, -0.2) is 0 Å². The molecule has 1 heterocycles. The summed E-state index contributed by atoms with van der Waals surface area (Å²) in [6.45, 7) is 1.41. The van der Waals surface area contributed by atoms with Crippen LogP contribution in [-0.4, -0.2) is 98.0 Å². The van der Waals surface area contributed by atoms with E-state index in [1.54, 1.807) is 6.92 Å². The van der Waals surface area contributed by atoms with Crippen LogP contribution in [0.4, 0.5) is 0 Å². The molecule has 8 unspecified atom stereocenters. The molecule has 9 heteroatoms. The molecule has 0 saturated carbocycles. The Morgan fingerprint density at radius 1 is 0.489 bits per heavy atom. The van der Waals surface area contributed by atoms with Crippen LogP contribution in [0.25, 0.3) is 0 Å². The highest BCUT2D eigenvalue weighted by atomic mass is 16.7. The van der Waals surface area contributed by atoms with Crippen molar-refractivity contribution in [3.63, 3.8) is 0 Å². The molecule has 0 radical (unpaired) electrons. The number of hydrogen-bond acceptors (Lipinski definition) is 9. The summed E-state index contributed by atoms with van der Waals surface area (Å²) in [6, 6.07) is 0. The molecule has 0 aromatic rings. The van der Waals surface area contributed by atoms with Crippen LogP contribution in [0.15, 0.2) is 0 Å². The Kier molecular flexibility index (Phi) is 28.9. The molecule has 0 amide bonds. The molecular formula is C38H76O9. The maximum absolute atomic E-state index is 10.2. The van der Waals surface area contributed by atoms with Crippen molar-refractivity contribution in [2.24, 2.45) is 0 Å². The fraction of sp³-hybridized carbons (Fsp3) is 1.00. The van der Waals surface area contributed by atoms with Crippen molar-refractivity contribution in [3.05, 3.63) is 0 Å². The first-order valence-electron chi connectivity index (χ1n) is 19.7. The molecule has 8 atom stereocenters. The summed E-state index contributed by atoms with van der Waals surface area (Å²) in [4.78, 5) is 0. The van der Waals surface area contributed by atoms with Crippen LogP contribution in [0.3, 0.4) is 0 Å². The summed E-state index contributed by atoms with van der Waals surface area (Å²) in [7, 11) is 0. The van der Waals surface area contributed by atoms with Gasteiger partial charge in [-0.2, -0.15) is 0 Å². The van der Waals surface area contributed by atoms with Gasteiger partial charge in [0.05, 0.1) is 31.5 Å². The van der Waals surface area contributed by atoms with E-state index in [-0.39, 0.29) is 12.7 Å². The minimum Gasteiger partial charge on any atom is -0.394 e. The van der Waals surface area contributed by atoms with E-state index < -0.39 is 49.5 Å². The predicted molar refractivity (Wildman–Crippen MR) is 188 cm³/mol. The molecule has 282 valence electrons. The third kappa shape index (κ3) is 24.4. The Morgan fingerprint density at radius 2 is 0.851 bits per heavy atom. The molecule has 9 nitrogen and oxygen atoms in total. The van der Waals surface area contributed by atoms with Crippen LogP contribution < -0.4 is 0 Å². The van der Waals surface area contributed by atoms with Crippen molar-refractivity contribution in [1.82, 2.24) is 0 Å². The van der Waals surface area contributed by atoms with Crippen LogP contribution >= 0.6 is 0 Å². The molecule has 0 aromatic carbocycles. The number of aliphatic hydroxyl groups is 7. The van der Waals surface area contributed by atoms with E-state index in [9.17, 15) is 35.7 Å². The summed E-state index contributed by atoms with van der Waals surface area (Å²) in [5.74, 6) is 0. The van der Waals surface area contributed by atoms with E-state index in [4.69, 9.17) is 9.47 Å². The third-order valence-electron chi connectivity index (χ3n) is 9.77. The first kappa shape index (κ1) is 44.7. The molecule has 0 bridgehead atoms. The van der Waals surface area contributed by atoms with Gasteiger partial charge in [0.25, 0.3) is 0 Å². The van der Waals surface area contributed by atoms with Gasteiger partial charge in [0.15, 0.2) is 6.29 Å². The zero-order valence-electron chi connectivity index (χ0n) is 30.1. The molecular weight excluding hydrogens is 600 g/mol. The van der Waals surface area contributed by atoms with Gasteiger partial charge in [-0.1, -0.05) is 148 Å². The zero-order chi connectivity index (χ0) is 34.5. The number of aliphatic hydroxyl groups excluding tert-OH is 7. The van der Waals surface area contributed by atoms with Gasteiger partial charge in [0.2, 0.25) is 0 Å². The molecule has 1 aliphatic heterocycles. The number of unbranched alkanes of at least 4 members (excludes halogenated alkanes) is 22. The standard InChI is InChI=1S/C38H76O9/c1-31(40)29-33(42)26-24-22-20-18-16-14-12-10-8-6-4-2-3-5-7-9-11-13-15-17-19-21-23-25-32(41)27-28-46-38-37(45)36(44)35(43)34(30-39)47-38/h31-45H,2-30H2,1H3. The van der Waals surface area contributed by atoms with Crippen LogP contribution in [0.5, 0.6) is 0 Å². The van der Waals surface area contributed by atoms with Crippen molar-refractivity contribution < 1.29 is 45.2 Å². The topological polar surface area (TPSA) is 160 Å². The zero-order valence-corrected chi connectivity index (χ0v) is 30.1. The Hall–Kier alpha value is -0.360. The molecule has 0 aliphatic carbocycles. The Bertz CT molecular complexity index is 665. The largest absolute Gasteiger partial charge is 0.394 e. The Labute approximate surface area is 287 Å². The van der Waals surface area contributed by atoms with Crippen molar-refractivity contribution in [1.29, 1.82) is 0 Å². The molecule has 7 N–H and O–H groups in total. The van der Waals surface area contributed by atoms with Gasteiger partial charge in [0.1, 0.15) is 24.4 Å². The van der Waals surface area contributed by atoms with Crippen LogP contribution in [0.1, 0.15) is 180 Å². The van der Waals surface area contributed by atoms with E-state index in [0.717, 1.165) is 25.7 Å². The average Bonchev–Trinajstić information content (AvgIpc) is 3.04. The lowest BCUT2D eigenvalue weighted by molar-refractivity contribution is -0.301. The summed E-state index contributed by atoms with van der Waals surface area (Å²) < 4.78 is 10.8. The Morgan fingerprint density at radius 3 is 1.21 bits per heavy atom. The fourth-order valence-corrected chi connectivity index (χ4v) is 6.65. The van der Waals surface area contributed by atoms with Crippen molar-refractivity contribution in [2.75, 3.05) is 13.2 Å². The minimum absolute atomic E-state index is 0.161. The summed E-state index contributed by atoms with van der Waals surface area (Å²) in [5.41, 5.74) is 0. The molecule has 47 heavy (non-hydrogen) atoms. The highest BCUT2D eigenvalue weighted by molar-refractivity contribution is 4.88. The van der Waals surface area contributed by atoms with E-state index in [0.29, 0.717) is 19.3 Å². The first-order valence-corrected chi connectivity index (χ1v) is 19.7. The van der Waals surface area contributed by atoms with E-state index >= 15 is 0 Å². The van der Waals surface area contributed by atoms with Gasteiger partial charge in [-0.3, -0.25) is 0 Å². The number of ether oxygens (including phenoxy) is 2. The Balaban J connectivity index is 1.75. The lowest BCUT2D eigenvalue weighted by Gasteiger charge is -2.39. The van der Waals surface area contributed by atoms with Crippen molar-refractivity contribution in [3.8, 4) is 0 Å². The smallest absolute Gasteiger partial charge is 0.186 e. The monoisotopic (exact) mass is 677 g/mol. The normalized spacial score (nSPS) is 23.6. The second-order valence-electron chi connectivity index (χ2n) is 14.5. The van der Waals surface area contributed by atoms with E-state index in [1.165, 1.54) is 128 Å². The predicted octanol–water partition coefficient (Wildman–Crippen LogP) is 6.44. The quantitative estimate of drug-likeness (QED) is 0.0388. The van der Waals surface area contributed by atoms with E-state index in [2.05, 4.69) is 0 Å². The van der Waals surface area contributed by atoms with Gasteiger partial charge in [-0.15, -0.1) is 0 Å². The van der Waals surface area contributed by atoms with Gasteiger partial charge in [0, 0.05) is 0 Å². The van der Waals surface area contributed by atoms with Gasteiger partial charge < -0.3 is 45.2 Å². The first-order chi connectivity index (χ1) is 22.8. The summed E-state index contributed by atoms with van der Waals surface area (Å²) >= 11 is 0. The number of rotatable bonds is 33. The summed E-state index contributed by atoms with van der Waals surface area (Å²) in [6.07, 6.45) is 24.8. The summed E-state index contributed by atoms with van der Waals surface area (Å²) in [5, 5.41) is 68.1. The van der Waals surface area contributed by atoms with Crippen LogP contribution in [-0.2, 0) is 9.47 Å².